The van der Waals surface area contributed by atoms with Crippen molar-refractivity contribution in [2.75, 3.05) is 20.1 Å². The van der Waals surface area contributed by atoms with Crippen LogP contribution in [0.1, 0.15) is 21.7 Å². The van der Waals surface area contributed by atoms with Crippen LogP contribution in [0.15, 0.2) is 4.79 Å². The minimum atomic E-state index is -1.13. The molecular formula is C10H13N3O3. The third-order valence-corrected chi connectivity index (χ3v) is 2.81. The van der Waals surface area contributed by atoms with Gasteiger partial charge in [0.1, 0.15) is 0 Å². The molecule has 0 atom stereocenters. The van der Waals surface area contributed by atoms with E-state index in [2.05, 4.69) is 14.9 Å². The molecule has 0 radical (unpaired) electrons. The third kappa shape index (κ3) is 1.96. The van der Waals surface area contributed by atoms with Crippen LogP contribution in [0.4, 0.5) is 0 Å². The lowest BCUT2D eigenvalue weighted by Gasteiger charge is -2.10. The summed E-state index contributed by atoms with van der Waals surface area (Å²) in [6.45, 7) is 1.59. The molecule has 0 saturated heterocycles. The lowest BCUT2D eigenvalue weighted by Crippen LogP contribution is -2.21. The number of aromatic carboxylic acids is 1. The Balaban J connectivity index is 2.54. The number of fused-ring (bicyclic) bond motifs is 1. The number of aromatic amines is 1. The van der Waals surface area contributed by atoms with Crippen molar-refractivity contribution in [1.82, 2.24) is 14.9 Å². The summed E-state index contributed by atoms with van der Waals surface area (Å²) < 4.78 is 0. The van der Waals surface area contributed by atoms with Gasteiger partial charge in [0.05, 0.1) is 0 Å². The summed E-state index contributed by atoms with van der Waals surface area (Å²) in [5.41, 5.74) is 0.688. The first-order chi connectivity index (χ1) is 7.58. The van der Waals surface area contributed by atoms with Gasteiger partial charge in [-0.05, 0) is 13.5 Å². The normalized spacial score (nSPS) is 16.6. The average Bonchev–Trinajstić information content (AvgIpc) is 2.40. The van der Waals surface area contributed by atoms with Gasteiger partial charge in [-0.3, -0.25) is 0 Å². The SMILES string of the molecule is CN1CCc2[nH]c(=O)nc(C(=O)O)c2CC1. The van der Waals surface area contributed by atoms with E-state index in [1.54, 1.807) is 0 Å². The minimum Gasteiger partial charge on any atom is -0.476 e. The maximum absolute atomic E-state index is 11.2. The summed E-state index contributed by atoms with van der Waals surface area (Å²) in [6.07, 6.45) is 1.26. The summed E-state index contributed by atoms with van der Waals surface area (Å²) in [5.74, 6) is -1.13. The van der Waals surface area contributed by atoms with Crippen LogP contribution in [0.2, 0.25) is 0 Å². The number of hydrogen-bond acceptors (Lipinski definition) is 4. The zero-order chi connectivity index (χ0) is 11.7. The van der Waals surface area contributed by atoms with Crippen molar-refractivity contribution >= 4 is 5.97 Å². The zero-order valence-electron chi connectivity index (χ0n) is 8.99. The average molecular weight is 223 g/mol. The number of nitrogens with zero attached hydrogens (tertiary/aromatic N) is 2. The Labute approximate surface area is 91.9 Å². The fourth-order valence-corrected chi connectivity index (χ4v) is 1.92. The Bertz CT molecular complexity index is 481. The highest BCUT2D eigenvalue weighted by atomic mass is 16.4. The highest BCUT2D eigenvalue weighted by Gasteiger charge is 2.20. The number of H-pyrrole nitrogens is 1. The Hall–Kier alpha value is -1.69. The number of hydrogen-bond donors (Lipinski definition) is 2. The van der Waals surface area contributed by atoms with Crippen LogP contribution in [0.25, 0.3) is 0 Å². The molecule has 86 valence electrons. The van der Waals surface area contributed by atoms with Crippen molar-refractivity contribution in [1.29, 1.82) is 0 Å². The Morgan fingerprint density at radius 2 is 2.12 bits per heavy atom. The lowest BCUT2D eigenvalue weighted by atomic mass is 10.1. The molecule has 6 heteroatoms. The maximum atomic E-state index is 11.2. The first kappa shape index (κ1) is 10.8. The van der Waals surface area contributed by atoms with Gasteiger partial charge in [0.15, 0.2) is 5.69 Å². The first-order valence-electron chi connectivity index (χ1n) is 5.12. The van der Waals surface area contributed by atoms with Gasteiger partial charge < -0.3 is 15.0 Å². The van der Waals surface area contributed by atoms with Crippen LogP contribution < -0.4 is 5.69 Å². The topological polar surface area (TPSA) is 86.3 Å². The highest BCUT2D eigenvalue weighted by molar-refractivity contribution is 5.87. The number of rotatable bonds is 1. The zero-order valence-corrected chi connectivity index (χ0v) is 8.99. The summed E-state index contributed by atoms with van der Waals surface area (Å²) in [5, 5.41) is 8.99. The van der Waals surface area contributed by atoms with Gasteiger partial charge in [-0.25, -0.2) is 9.59 Å². The fourth-order valence-electron chi connectivity index (χ4n) is 1.92. The van der Waals surface area contributed by atoms with Crippen LogP contribution in [0.5, 0.6) is 0 Å². The molecule has 0 saturated carbocycles. The lowest BCUT2D eigenvalue weighted by molar-refractivity contribution is 0.0688. The van der Waals surface area contributed by atoms with Crippen molar-refractivity contribution in [2.24, 2.45) is 0 Å². The van der Waals surface area contributed by atoms with Gasteiger partial charge in [0.2, 0.25) is 0 Å². The monoisotopic (exact) mass is 223 g/mol. The van der Waals surface area contributed by atoms with E-state index in [9.17, 15) is 9.59 Å². The third-order valence-electron chi connectivity index (χ3n) is 2.81. The van der Waals surface area contributed by atoms with Crippen molar-refractivity contribution in [3.63, 3.8) is 0 Å². The molecule has 1 aliphatic rings. The number of aromatic nitrogens is 2. The quantitative estimate of drug-likeness (QED) is 0.670. The molecule has 1 aliphatic heterocycles. The summed E-state index contributed by atoms with van der Waals surface area (Å²) in [4.78, 5) is 30.5. The maximum Gasteiger partial charge on any atom is 0.355 e. The van der Waals surface area contributed by atoms with Crippen LogP contribution in [-0.4, -0.2) is 46.1 Å². The summed E-state index contributed by atoms with van der Waals surface area (Å²) in [6, 6.07) is 0. The molecule has 1 aromatic heterocycles. The molecule has 0 spiro atoms. The van der Waals surface area contributed by atoms with Crippen molar-refractivity contribution in [2.45, 2.75) is 12.8 Å². The second kappa shape index (κ2) is 4.05. The van der Waals surface area contributed by atoms with Crippen molar-refractivity contribution in [3.8, 4) is 0 Å². The molecular weight excluding hydrogens is 210 g/mol. The molecule has 0 aromatic carbocycles. The number of carboxylic acids is 1. The molecule has 0 unspecified atom stereocenters. The minimum absolute atomic E-state index is 0.103. The number of carboxylic acid groups (broad SMARTS) is 1. The van der Waals surface area contributed by atoms with Gasteiger partial charge in [-0.1, -0.05) is 0 Å². The van der Waals surface area contributed by atoms with E-state index in [1.165, 1.54) is 0 Å². The smallest absolute Gasteiger partial charge is 0.355 e. The van der Waals surface area contributed by atoms with Crippen molar-refractivity contribution in [3.05, 3.63) is 27.4 Å². The van der Waals surface area contributed by atoms with Gasteiger partial charge in [-0.2, -0.15) is 4.98 Å². The van der Waals surface area contributed by atoms with E-state index in [4.69, 9.17) is 5.11 Å². The molecule has 2 rings (SSSR count). The Morgan fingerprint density at radius 1 is 1.44 bits per heavy atom. The molecule has 0 fully saturated rings. The molecule has 0 bridgehead atoms. The predicted octanol–water partition coefficient (Wildman–Crippen LogP) is -0.502. The fraction of sp³-hybridized carbons (Fsp3) is 0.500. The van der Waals surface area contributed by atoms with E-state index in [1.807, 2.05) is 7.05 Å². The molecule has 0 aliphatic carbocycles. The van der Waals surface area contributed by atoms with Crippen LogP contribution >= 0.6 is 0 Å². The van der Waals surface area contributed by atoms with Crippen LogP contribution in [0, 0.1) is 0 Å². The second-order valence-corrected chi connectivity index (χ2v) is 3.96. The van der Waals surface area contributed by atoms with Gasteiger partial charge >= 0.3 is 11.7 Å². The van der Waals surface area contributed by atoms with Crippen molar-refractivity contribution < 1.29 is 9.90 Å². The van der Waals surface area contributed by atoms with E-state index in [-0.39, 0.29) is 5.69 Å². The molecule has 2 heterocycles. The summed E-state index contributed by atoms with van der Waals surface area (Å²) >= 11 is 0. The molecule has 16 heavy (non-hydrogen) atoms. The molecule has 6 nitrogen and oxygen atoms in total. The first-order valence-corrected chi connectivity index (χ1v) is 5.12. The Morgan fingerprint density at radius 3 is 2.81 bits per heavy atom. The largest absolute Gasteiger partial charge is 0.476 e. The van der Waals surface area contributed by atoms with Crippen LogP contribution in [0.3, 0.4) is 0 Å². The van der Waals surface area contributed by atoms with E-state index >= 15 is 0 Å². The number of carbonyl (C=O) groups is 1. The van der Waals surface area contributed by atoms with E-state index in [0.29, 0.717) is 24.1 Å². The number of nitrogens with one attached hydrogen (secondary N) is 1. The highest BCUT2D eigenvalue weighted by Crippen LogP contribution is 2.14. The number of likely N-dealkylation sites (N-methyl/N-ethyl adjacent to an activating group) is 1. The molecule has 0 amide bonds. The predicted molar refractivity (Wildman–Crippen MR) is 56.7 cm³/mol. The molecule has 2 N–H and O–H groups in total. The Kier molecular flexibility index (Phi) is 2.74. The van der Waals surface area contributed by atoms with Crippen LogP contribution in [-0.2, 0) is 12.8 Å². The van der Waals surface area contributed by atoms with E-state index < -0.39 is 11.7 Å². The van der Waals surface area contributed by atoms with Gasteiger partial charge in [-0.15, -0.1) is 0 Å². The van der Waals surface area contributed by atoms with E-state index in [0.717, 1.165) is 13.1 Å². The standard InChI is InChI=1S/C10H13N3O3/c1-13-4-2-6-7(3-5-13)11-10(16)12-8(6)9(14)15/h2-5H2,1H3,(H,14,15)(H,11,12,16). The van der Waals surface area contributed by atoms with Gasteiger partial charge in [0.25, 0.3) is 0 Å². The molecule has 1 aromatic rings. The second-order valence-electron chi connectivity index (χ2n) is 3.96. The van der Waals surface area contributed by atoms with Gasteiger partial charge in [0, 0.05) is 30.8 Å². The summed E-state index contributed by atoms with van der Waals surface area (Å²) in [7, 11) is 1.97.